The molecule has 2 aromatic rings. The zero-order valence-corrected chi connectivity index (χ0v) is 22.6. The maximum absolute atomic E-state index is 13.6. The van der Waals surface area contributed by atoms with E-state index >= 15 is 0 Å². The summed E-state index contributed by atoms with van der Waals surface area (Å²) >= 11 is 0. The molecule has 0 saturated heterocycles. The lowest BCUT2D eigenvalue weighted by molar-refractivity contribution is -0.126. The molecule has 1 aliphatic heterocycles. The average molecular weight is 512 g/mol. The number of hydrogen-bond donors (Lipinski definition) is 2. The first kappa shape index (κ1) is 27.1. The lowest BCUT2D eigenvalue weighted by Gasteiger charge is -2.39. The summed E-state index contributed by atoms with van der Waals surface area (Å²) in [5.41, 5.74) is 4.45. The summed E-state index contributed by atoms with van der Waals surface area (Å²) in [6.45, 7) is 11.3. The minimum atomic E-state index is -0.831. The summed E-state index contributed by atoms with van der Waals surface area (Å²) in [4.78, 5) is 15.5. The van der Waals surface area contributed by atoms with E-state index < -0.39 is 5.54 Å². The van der Waals surface area contributed by atoms with Gasteiger partial charge < -0.3 is 15.0 Å². The number of hydrogen-bond acceptors (Lipinski definition) is 5. The van der Waals surface area contributed by atoms with Crippen molar-refractivity contribution < 1.29 is 9.53 Å². The monoisotopic (exact) mass is 511 g/mol. The van der Waals surface area contributed by atoms with Crippen LogP contribution < -0.4 is 5.32 Å². The van der Waals surface area contributed by atoms with E-state index in [2.05, 4.69) is 25.4 Å². The van der Waals surface area contributed by atoms with Gasteiger partial charge in [0.15, 0.2) is 0 Å². The Morgan fingerprint density at radius 2 is 2.05 bits per heavy atom. The number of nitrogens with zero attached hydrogens (tertiary/aromatic N) is 3. The number of carbonyl (C=O) groups excluding carboxylic acids is 1. The van der Waals surface area contributed by atoms with Gasteiger partial charge in [0.05, 0.1) is 29.8 Å². The molecular weight excluding hydrogens is 474 g/mol. The Kier molecular flexibility index (Phi) is 8.27. The van der Waals surface area contributed by atoms with Crippen LogP contribution in [0.3, 0.4) is 0 Å². The van der Waals surface area contributed by atoms with Crippen LogP contribution in [-0.2, 0) is 15.1 Å². The van der Waals surface area contributed by atoms with Gasteiger partial charge in [-0.25, -0.2) is 4.68 Å². The summed E-state index contributed by atoms with van der Waals surface area (Å²) in [6, 6.07) is 11.9. The van der Waals surface area contributed by atoms with Crippen molar-refractivity contribution in [1.82, 2.24) is 20.0 Å². The van der Waals surface area contributed by atoms with Gasteiger partial charge in [-0.15, -0.1) is 0 Å². The summed E-state index contributed by atoms with van der Waals surface area (Å²) in [5.74, 6) is 1.03. The van der Waals surface area contributed by atoms with Gasteiger partial charge in [0, 0.05) is 30.6 Å². The van der Waals surface area contributed by atoms with Gasteiger partial charge >= 0.3 is 0 Å². The molecule has 0 fully saturated rings. The van der Waals surface area contributed by atoms with Gasteiger partial charge in [0.2, 0.25) is 0 Å². The third-order valence-corrected chi connectivity index (χ3v) is 7.37. The second-order valence-electron chi connectivity index (χ2n) is 9.67. The number of allylic oxidation sites excluding steroid dienone is 4. The number of amides is 1. The van der Waals surface area contributed by atoms with Crippen LogP contribution in [0.25, 0.3) is 11.3 Å². The Morgan fingerprint density at radius 3 is 2.71 bits per heavy atom. The second-order valence-corrected chi connectivity index (χ2v) is 9.67. The molecule has 2 heterocycles. The number of nitrogens with one attached hydrogen (secondary N) is 2. The Morgan fingerprint density at radius 1 is 1.29 bits per heavy atom. The zero-order chi connectivity index (χ0) is 27.3. The Balaban J connectivity index is 1.82. The zero-order valence-electron chi connectivity index (χ0n) is 22.6. The van der Waals surface area contributed by atoms with Crippen molar-refractivity contribution in [2.75, 3.05) is 27.2 Å². The quantitative estimate of drug-likeness (QED) is 0.184. The molecule has 0 saturated carbocycles. The fourth-order valence-electron chi connectivity index (χ4n) is 5.29. The van der Waals surface area contributed by atoms with E-state index in [4.69, 9.17) is 15.2 Å². The molecule has 0 unspecified atom stereocenters. The minimum Gasteiger partial charge on any atom is -0.501 e. The largest absolute Gasteiger partial charge is 0.501 e. The molecule has 1 aliphatic carbocycles. The Hall–Kier alpha value is -3.97. The SMILES string of the molecule is C=C/C=C\C(=N)n1nc(-c2ccccc2)cc1[C@](CN1CC2=C(C=C(OC)CC2)C1=O)(NC)C(=C)CCC. The molecule has 1 atom stereocenters. The first-order chi connectivity index (χ1) is 18.4. The van der Waals surface area contributed by atoms with Crippen LogP contribution in [0, 0.1) is 5.41 Å². The highest BCUT2D eigenvalue weighted by molar-refractivity contribution is 6.00. The minimum absolute atomic E-state index is 0.00542. The van der Waals surface area contributed by atoms with Crippen LogP contribution in [-0.4, -0.2) is 53.7 Å². The maximum Gasteiger partial charge on any atom is 0.254 e. The standard InChI is InChI=1S/C31H37N5O2/c1-6-8-15-29(32)36-28(19-27(34-36)23-13-10-9-11-14-23)31(33-4,22(3)12-7-2)21-35-20-24-16-17-25(38-5)18-26(24)30(35)37/h6,8-11,13-15,18-19,32-33H,1,3,7,12,16-17,20-21H2,2,4-5H3/b15-8-,32-29?/t31-/m1/s1. The second kappa shape index (κ2) is 11.6. The predicted molar refractivity (Wildman–Crippen MR) is 153 cm³/mol. The number of aromatic nitrogens is 2. The number of carbonyl (C=O) groups is 1. The summed E-state index contributed by atoms with van der Waals surface area (Å²) < 4.78 is 7.09. The molecule has 1 aromatic heterocycles. The fourth-order valence-corrected chi connectivity index (χ4v) is 5.29. The molecule has 4 rings (SSSR count). The van der Waals surface area contributed by atoms with Crippen molar-refractivity contribution >= 4 is 11.7 Å². The first-order valence-corrected chi connectivity index (χ1v) is 13.1. The van der Waals surface area contributed by atoms with Gasteiger partial charge in [0.1, 0.15) is 5.84 Å². The van der Waals surface area contributed by atoms with Crippen LogP contribution in [0.2, 0.25) is 0 Å². The highest BCUT2D eigenvalue weighted by Crippen LogP contribution is 2.38. The molecule has 0 radical (unpaired) electrons. The molecule has 1 amide bonds. The van der Waals surface area contributed by atoms with E-state index in [0.29, 0.717) is 13.1 Å². The highest BCUT2D eigenvalue weighted by atomic mass is 16.5. The van der Waals surface area contributed by atoms with Crippen LogP contribution >= 0.6 is 0 Å². The molecule has 7 nitrogen and oxygen atoms in total. The number of benzene rings is 1. The summed E-state index contributed by atoms with van der Waals surface area (Å²) in [5, 5.41) is 17.2. The lowest BCUT2D eigenvalue weighted by Crippen LogP contribution is -2.53. The Bertz CT molecular complexity index is 1330. The normalized spacial score (nSPS) is 16.9. The van der Waals surface area contributed by atoms with E-state index in [-0.39, 0.29) is 11.7 Å². The van der Waals surface area contributed by atoms with Crippen molar-refractivity contribution in [3.63, 3.8) is 0 Å². The molecule has 1 aromatic carbocycles. The van der Waals surface area contributed by atoms with Gasteiger partial charge in [0.25, 0.3) is 5.91 Å². The smallest absolute Gasteiger partial charge is 0.254 e. The van der Waals surface area contributed by atoms with Crippen LogP contribution in [0.15, 0.2) is 96.3 Å². The molecule has 0 spiro atoms. The molecule has 2 N–H and O–H groups in total. The number of likely N-dealkylation sites (N-methyl/N-ethyl adjacent to an activating group) is 1. The average Bonchev–Trinajstić information content (AvgIpc) is 3.52. The molecule has 7 heteroatoms. The predicted octanol–water partition coefficient (Wildman–Crippen LogP) is 5.35. The van der Waals surface area contributed by atoms with Gasteiger partial charge in [-0.3, -0.25) is 10.2 Å². The van der Waals surface area contributed by atoms with E-state index in [9.17, 15) is 4.79 Å². The van der Waals surface area contributed by atoms with Crippen LogP contribution in [0.4, 0.5) is 0 Å². The fraction of sp³-hybridized carbons (Fsp3) is 0.323. The topological polar surface area (TPSA) is 83.2 Å². The molecular formula is C31H37N5O2. The van der Waals surface area contributed by atoms with Gasteiger partial charge in [-0.05, 0) is 49.3 Å². The Labute approximate surface area is 225 Å². The summed E-state index contributed by atoms with van der Waals surface area (Å²) in [7, 11) is 3.54. The van der Waals surface area contributed by atoms with Crippen molar-refractivity contribution in [1.29, 1.82) is 5.41 Å². The van der Waals surface area contributed by atoms with Crippen LogP contribution in [0.5, 0.6) is 0 Å². The van der Waals surface area contributed by atoms with Crippen molar-refractivity contribution in [3.05, 3.63) is 102 Å². The van der Waals surface area contributed by atoms with E-state index in [1.807, 2.05) is 54.4 Å². The first-order valence-electron chi connectivity index (χ1n) is 13.1. The highest BCUT2D eigenvalue weighted by Gasteiger charge is 2.43. The van der Waals surface area contributed by atoms with Crippen molar-refractivity contribution in [2.45, 2.75) is 38.1 Å². The third-order valence-electron chi connectivity index (χ3n) is 7.37. The molecule has 38 heavy (non-hydrogen) atoms. The maximum atomic E-state index is 13.6. The van der Waals surface area contributed by atoms with Gasteiger partial charge in [-0.2, -0.15) is 5.10 Å². The van der Waals surface area contributed by atoms with E-state index in [0.717, 1.165) is 65.1 Å². The van der Waals surface area contributed by atoms with Gasteiger partial charge in [-0.1, -0.05) is 69.0 Å². The third kappa shape index (κ3) is 5.07. The van der Waals surface area contributed by atoms with Crippen molar-refractivity contribution in [3.8, 4) is 11.3 Å². The van der Waals surface area contributed by atoms with Crippen molar-refractivity contribution in [2.24, 2.45) is 0 Å². The molecule has 0 bridgehead atoms. The summed E-state index contributed by atoms with van der Waals surface area (Å²) in [6.07, 6.45) is 10.2. The van der Waals surface area contributed by atoms with E-state index in [1.165, 1.54) is 0 Å². The van der Waals surface area contributed by atoms with Crippen LogP contribution in [0.1, 0.15) is 38.3 Å². The molecule has 2 aliphatic rings. The lowest BCUT2D eigenvalue weighted by atomic mass is 9.83. The number of rotatable bonds is 11. The number of ether oxygens (including phenoxy) is 1. The van der Waals surface area contributed by atoms with E-state index in [1.54, 1.807) is 30.0 Å². The number of methoxy groups -OCH3 is 1. The molecule has 198 valence electrons.